The Balaban J connectivity index is 2.14. The molecule has 0 amide bonds. The molecule has 0 spiro atoms. The molecule has 2 heterocycles. The van der Waals surface area contributed by atoms with E-state index >= 15 is 0 Å². The molecule has 0 unspecified atom stereocenters. The summed E-state index contributed by atoms with van der Waals surface area (Å²) in [5.41, 5.74) is 1.97. The van der Waals surface area contributed by atoms with E-state index in [0.717, 1.165) is 41.5 Å². The highest BCUT2D eigenvalue weighted by atomic mass is 16.5. The Hall–Kier alpha value is -2.11. The third-order valence-corrected chi connectivity index (χ3v) is 2.80. The van der Waals surface area contributed by atoms with E-state index in [-0.39, 0.29) is 0 Å². The Morgan fingerprint density at radius 3 is 2.68 bits per heavy atom. The van der Waals surface area contributed by atoms with Crippen LogP contribution in [0.5, 0.6) is 0 Å². The number of hydrogen-bond donors (Lipinski definition) is 2. The van der Waals surface area contributed by atoms with Crippen LogP contribution in [0.15, 0.2) is 16.9 Å². The fraction of sp³-hybridized carbons (Fsp3) is 0.462. The second-order valence-corrected chi connectivity index (χ2v) is 4.33. The average Bonchev–Trinajstić information content (AvgIpc) is 2.83. The maximum Gasteiger partial charge on any atom is 0.135 e. The summed E-state index contributed by atoms with van der Waals surface area (Å²) in [4.78, 5) is 8.55. The fourth-order valence-electron chi connectivity index (χ4n) is 1.94. The summed E-state index contributed by atoms with van der Waals surface area (Å²) in [6, 6.07) is 1.91. The molecule has 2 rings (SSSR count). The summed E-state index contributed by atoms with van der Waals surface area (Å²) in [6.07, 6.45) is 3.53. The van der Waals surface area contributed by atoms with Crippen LogP contribution in [-0.2, 0) is 13.0 Å². The predicted molar refractivity (Wildman–Crippen MR) is 74.1 cm³/mol. The third kappa shape index (κ3) is 3.21. The van der Waals surface area contributed by atoms with Gasteiger partial charge in [-0.3, -0.25) is 0 Å². The summed E-state index contributed by atoms with van der Waals surface area (Å²) in [6.45, 7) is 4.61. The molecule has 0 aliphatic rings. The summed E-state index contributed by atoms with van der Waals surface area (Å²) in [7, 11) is 1.87. The number of aryl methyl sites for hydroxylation is 1. The molecule has 6 heteroatoms. The van der Waals surface area contributed by atoms with E-state index < -0.39 is 0 Å². The van der Waals surface area contributed by atoms with Crippen molar-refractivity contribution in [1.29, 1.82) is 0 Å². The van der Waals surface area contributed by atoms with Gasteiger partial charge in [0.15, 0.2) is 0 Å². The molecule has 6 nitrogen and oxygen atoms in total. The number of nitrogens with one attached hydrogen (secondary N) is 2. The van der Waals surface area contributed by atoms with Crippen molar-refractivity contribution in [3.05, 3.63) is 29.4 Å². The maximum absolute atomic E-state index is 5.04. The highest BCUT2D eigenvalue weighted by molar-refractivity contribution is 5.57. The van der Waals surface area contributed by atoms with Crippen molar-refractivity contribution in [3.63, 3.8) is 0 Å². The highest BCUT2D eigenvalue weighted by Crippen LogP contribution is 2.21. The van der Waals surface area contributed by atoms with Gasteiger partial charge in [0.1, 0.15) is 29.4 Å². The lowest BCUT2D eigenvalue weighted by Gasteiger charge is -2.12. The molecule has 19 heavy (non-hydrogen) atoms. The van der Waals surface area contributed by atoms with Crippen LogP contribution in [0.3, 0.4) is 0 Å². The van der Waals surface area contributed by atoms with E-state index in [9.17, 15) is 0 Å². The van der Waals surface area contributed by atoms with E-state index in [0.29, 0.717) is 6.54 Å². The molecule has 0 bridgehead atoms. The topological polar surface area (TPSA) is 75.9 Å². The molecule has 2 aromatic rings. The molecule has 0 radical (unpaired) electrons. The quantitative estimate of drug-likeness (QED) is 0.831. The van der Waals surface area contributed by atoms with Crippen molar-refractivity contribution in [3.8, 4) is 0 Å². The van der Waals surface area contributed by atoms with Crippen LogP contribution in [0, 0.1) is 6.92 Å². The van der Waals surface area contributed by atoms with Gasteiger partial charge >= 0.3 is 0 Å². The Kier molecular flexibility index (Phi) is 4.33. The van der Waals surface area contributed by atoms with Gasteiger partial charge in [-0.1, -0.05) is 18.5 Å². The number of hydrogen-bond acceptors (Lipinski definition) is 6. The minimum atomic E-state index is 0.591. The SMILES string of the molecule is CCCc1c(NC)ncnc1NCc1cc(C)on1. The van der Waals surface area contributed by atoms with Crippen molar-refractivity contribution < 1.29 is 4.52 Å². The maximum atomic E-state index is 5.04. The molecule has 0 aromatic carbocycles. The van der Waals surface area contributed by atoms with E-state index in [1.54, 1.807) is 6.33 Å². The molecule has 2 N–H and O–H groups in total. The van der Waals surface area contributed by atoms with Crippen LogP contribution >= 0.6 is 0 Å². The molecular weight excluding hydrogens is 242 g/mol. The lowest BCUT2D eigenvalue weighted by atomic mass is 10.1. The Morgan fingerprint density at radius 1 is 1.26 bits per heavy atom. The number of nitrogens with zero attached hydrogens (tertiary/aromatic N) is 3. The van der Waals surface area contributed by atoms with E-state index in [1.807, 2.05) is 20.0 Å². The summed E-state index contributed by atoms with van der Waals surface area (Å²) < 4.78 is 5.04. The molecule has 0 aliphatic carbocycles. The van der Waals surface area contributed by atoms with Gasteiger partial charge in [-0.05, 0) is 13.3 Å². The van der Waals surface area contributed by atoms with Crippen molar-refractivity contribution in [1.82, 2.24) is 15.1 Å². The van der Waals surface area contributed by atoms with Crippen molar-refractivity contribution in [2.45, 2.75) is 33.2 Å². The first-order chi connectivity index (χ1) is 9.24. The van der Waals surface area contributed by atoms with Crippen LogP contribution in [0.1, 0.15) is 30.4 Å². The van der Waals surface area contributed by atoms with Crippen molar-refractivity contribution >= 4 is 11.6 Å². The van der Waals surface area contributed by atoms with Gasteiger partial charge in [0.05, 0.1) is 6.54 Å². The molecular formula is C13H19N5O. The molecule has 0 aliphatic heterocycles. The predicted octanol–water partition coefficient (Wildman–Crippen LogP) is 2.38. The molecule has 0 saturated heterocycles. The number of anilines is 2. The first kappa shape index (κ1) is 13.3. The van der Waals surface area contributed by atoms with Gasteiger partial charge < -0.3 is 15.2 Å². The molecule has 2 aromatic heterocycles. The van der Waals surface area contributed by atoms with Gasteiger partial charge in [0, 0.05) is 18.7 Å². The zero-order valence-corrected chi connectivity index (χ0v) is 11.5. The van der Waals surface area contributed by atoms with Crippen LogP contribution in [-0.4, -0.2) is 22.2 Å². The van der Waals surface area contributed by atoms with Gasteiger partial charge in [-0.15, -0.1) is 0 Å². The first-order valence-electron chi connectivity index (χ1n) is 6.42. The fourth-order valence-corrected chi connectivity index (χ4v) is 1.94. The Morgan fingerprint density at radius 2 is 2.05 bits per heavy atom. The van der Waals surface area contributed by atoms with Crippen LogP contribution in [0.2, 0.25) is 0 Å². The van der Waals surface area contributed by atoms with Crippen molar-refractivity contribution in [2.24, 2.45) is 0 Å². The van der Waals surface area contributed by atoms with Crippen LogP contribution in [0.4, 0.5) is 11.6 Å². The Labute approximate surface area is 112 Å². The highest BCUT2D eigenvalue weighted by Gasteiger charge is 2.10. The second-order valence-electron chi connectivity index (χ2n) is 4.33. The largest absolute Gasteiger partial charge is 0.373 e. The summed E-state index contributed by atoms with van der Waals surface area (Å²) in [5.74, 6) is 2.53. The van der Waals surface area contributed by atoms with Gasteiger partial charge in [0.25, 0.3) is 0 Å². The standard InChI is InChI=1S/C13H19N5O/c1-4-5-11-12(14-3)16-8-17-13(11)15-7-10-6-9(2)19-18-10/h6,8H,4-5,7H2,1-3H3,(H2,14,15,16,17). The van der Waals surface area contributed by atoms with Crippen LogP contribution < -0.4 is 10.6 Å². The monoisotopic (exact) mass is 261 g/mol. The first-order valence-corrected chi connectivity index (χ1v) is 6.42. The lowest BCUT2D eigenvalue weighted by Crippen LogP contribution is -2.08. The molecule has 0 fully saturated rings. The van der Waals surface area contributed by atoms with E-state index in [1.165, 1.54) is 0 Å². The summed E-state index contributed by atoms with van der Waals surface area (Å²) >= 11 is 0. The normalized spacial score (nSPS) is 10.5. The van der Waals surface area contributed by atoms with Crippen molar-refractivity contribution in [2.75, 3.05) is 17.7 Å². The minimum Gasteiger partial charge on any atom is -0.373 e. The number of aromatic nitrogens is 3. The Bertz CT molecular complexity index is 538. The minimum absolute atomic E-state index is 0.591. The van der Waals surface area contributed by atoms with E-state index in [4.69, 9.17) is 4.52 Å². The zero-order chi connectivity index (χ0) is 13.7. The number of rotatable bonds is 6. The average molecular weight is 261 g/mol. The lowest BCUT2D eigenvalue weighted by molar-refractivity contribution is 0.391. The van der Waals surface area contributed by atoms with Crippen LogP contribution in [0.25, 0.3) is 0 Å². The second kappa shape index (κ2) is 6.17. The smallest absolute Gasteiger partial charge is 0.135 e. The van der Waals surface area contributed by atoms with Gasteiger partial charge in [0.2, 0.25) is 0 Å². The summed E-state index contributed by atoms with van der Waals surface area (Å²) in [5, 5.41) is 10.3. The van der Waals surface area contributed by atoms with Gasteiger partial charge in [-0.25, -0.2) is 9.97 Å². The third-order valence-electron chi connectivity index (χ3n) is 2.80. The molecule has 0 atom stereocenters. The van der Waals surface area contributed by atoms with E-state index in [2.05, 4.69) is 32.7 Å². The zero-order valence-electron chi connectivity index (χ0n) is 11.5. The molecule has 0 saturated carbocycles. The molecule has 102 valence electrons. The van der Waals surface area contributed by atoms with Gasteiger partial charge in [-0.2, -0.15) is 0 Å².